The Morgan fingerprint density at radius 1 is 1.00 bits per heavy atom. The number of nitrogens with one attached hydrogen (secondary N) is 1. The number of hydrogen-bond acceptors (Lipinski definition) is 2. The molecule has 0 saturated heterocycles. The van der Waals surface area contributed by atoms with Gasteiger partial charge in [0.1, 0.15) is 0 Å². The quantitative estimate of drug-likeness (QED) is 0.742. The standard InChI is InChI=1S/C17H14N2/c1-3-7-15-13(5-1)9-10-17(19-15)11-12-18-16-8-4-2-6-14(16)17/h1-10,12,19H,11H2. The van der Waals surface area contributed by atoms with E-state index >= 15 is 0 Å². The highest BCUT2D eigenvalue weighted by Crippen LogP contribution is 2.42. The van der Waals surface area contributed by atoms with Gasteiger partial charge < -0.3 is 5.32 Å². The van der Waals surface area contributed by atoms with Crippen LogP contribution in [0, 0.1) is 0 Å². The molecule has 2 aliphatic rings. The highest BCUT2D eigenvalue weighted by Gasteiger charge is 2.35. The minimum absolute atomic E-state index is 0.146. The number of nitrogens with zero attached hydrogens (tertiary/aromatic N) is 1. The fourth-order valence-corrected chi connectivity index (χ4v) is 2.91. The molecule has 0 amide bonds. The minimum atomic E-state index is -0.146. The summed E-state index contributed by atoms with van der Waals surface area (Å²) in [5, 5.41) is 3.69. The predicted octanol–water partition coefficient (Wildman–Crippen LogP) is 4.13. The van der Waals surface area contributed by atoms with E-state index in [1.165, 1.54) is 16.8 Å². The van der Waals surface area contributed by atoms with E-state index in [1.807, 2.05) is 12.3 Å². The van der Waals surface area contributed by atoms with Crippen LogP contribution in [0.4, 0.5) is 11.4 Å². The van der Waals surface area contributed by atoms with Crippen molar-refractivity contribution in [2.45, 2.75) is 12.0 Å². The number of aliphatic imine (C=N–C) groups is 1. The predicted molar refractivity (Wildman–Crippen MR) is 80.0 cm³/mol. The maximum atomic E-state index is 4.50. The third-order valence-corrected chi connectivity index (χ3v) is 3.89. The molecule has 0 aromatic heterocycles. The van der Waals surface area contributed by atoms with Crippen molar-refractivity contribution in [1.29, 1.82) is 0 Å². The molecular weight excluding hydrogens is 232 g/mol. The second kappa shape index (κ2) is 3.82. The summed E-state index contributed by atoms with van der Waals surface area (Å²) in [6.45, 7) is 0. The average Bonchev–Trinajstić information content (AvgIpc) is 2.48. The third kappa shape index (κ3) is 1.53. The van der Waals surface area contributed by atoms with Gasteiger partial charge in [-0.2, -0.15) is 0 Å². The van der Waals surface area contributed by atoms with E-state index in [1.54, 1.807) is 0 Å². The first-order chi connectivity index (χ1) is 9.37. The molecule has 2 nitrogen and oxygen atoms in total. The van der Waals surface area contributed by atoms with E-state index in [9.17, 15) is 0 Å². The molecule has 2 aromatic carbocycles. The Morgan fingerprint density at radius 3 is 2.84 bits per heavy atom. The molecule has 2 heterocycles. The molecule has 1 unspecified atom stereocenters. The fourth-order valence-electron chi connectivity index (χ4n) is 2.91. The number of benzene rings is 2. The first-order valence-corrected chi connectivity index (χ1v) is 6.56. The second-order valence-electron chi connectivity index (χ2n) is 5.05. The molecule has 0 fully saturated rings. The molecule has 1 N–H and O–H groups in total. The monoisotopic (exact) mass is 246 g/mol. The lowest BCUT2D eigenvalue weighted by molar-refractivity contribution is 0.640. The molecule has 4 rings (SSSR count). The zero-order valence-corrected chi connectivity index (χ0v) is 10.5. The van der Waals surface area contributed by atoms with Crippen LogP contribution in [0.2, 0.25) is 0 Å². The molecule has 92 valence electrons. The zero-order valence-electron chi connectivity index (χ0n) is 10.5. The minimum Gasteiger partial charge on any atom is -0.371 e. The first-order valence-electron chi connectivity index (χ1n) is 6.56. The van der Waals surface area contributed by atoms with E-state index in [4.69, 9.17) is 0 Å². The van der Waals surface area contributed by atoms with E-state index in [0.29, 0.717) is 0 Å². The van der Waals surface area contributed by atoms with Crippen LogP contribution >= 0.6 is 0 Å². The highest BCUT2D eigenvalue weighted by molar-refractivity contribution is 5.80. The molecule has 0 bridgehead atoms. The number of fused-ring (bicyclic) bond motifs is 3. The zero-order chi connectivity index (χ0) is 12.7. The van der Waals surface area contributed by atoms with Gasteiger partial charge in [0.15, 0.2) is 0 Å². The normalized spacial score (nSPS) is 22.7. The summed E-state index contributed by atoms with van der Waals surface area (Å²) in [5.41, 5.74) is 4.60. The van der Waals surface area contributed by atoms with E-state index < -0.39 is 0 Å². The number of hydrogen-bond donors (Lipinski definition) is 1. The van der Waals surface area contributed by atoms with Gasteiger partial charge in [0.05, 0.1) is 11.2 Å². The summed E-state index contributed by atoms with van der Waals surface area (Å²) in [4.78, 5) is 4.50. The van der Waals surface area contributed by atoms with Crippen molar-refractivity contribution in [1.82, 2.24) is 0 Å². The molecule has 2 aliphatic heterocycles. The van der Waals surface area contributed by atoms with Gasteiger partial charge >= 0.3 is 0 Å². The van der Waals surface area contributed by atoms with Crippen molar-refractivity contribution in [2.75, 3.05) is 5.32 Å². The first kappa shape index (κ1) is 10.6. The SMILES string of the molecule is C1=CC2(CC=Nc3ccccc32)Nc2ccccc21. The smallest absolute Gasteiger partial charge is 0.0883 e. The Balaban J connectivity index is 1.88. The van der Waals surface area contributed by atoms with Crippen molar-refractivity contribution < 1.29 is 0 Å². The summed E-state index contributed by atoms with van der Waals surface area (Å²) < 4.78 is 0. The summed E-state index contributed by atoms with van der Waals surface area (Å²) >= 11 is 0. The summed E-state index contributed by atoms with van der Waals surface area (Å²) in [6, 6.07) is 16.8. The molecule has 1 spiro atoms. The second-order valence-corrected chi connectivity index (χ2v) is 5.05. The number of rotatable bonds is 0. The summed E-state index contributed by atoms with van der Waals surface area (Å²) in [7, 11) is 0. The van der Waals surface area contributed by atoms with Gasteiger partial charge in [0.25, 0.3) is 0 Å². The van der Waals surface area contributed by atoms with Crippen LogP contribution in [0.25, 0.3) is 6.08 Å². The van der Waals surface area contributed by atoms with E-state index in [-0.39, 0.29) is 5.54 Å². The number of anilines is 1. The molecule has 1 atom stereocenters. The number of para-hydroxylation sites is 2. The summed E-state index contributed by atoms with van der Waals surface area (Å²) in [5.74, 6) is 0. The third-order valence-electron chi connectivity index (χ3n) is 3.89. The maximum Gasteiger partial charge on any atom is 0.0883 e. The van der Waals surface area contributed by atoms with Gasteiger partial charge in [-0.3, -0.25) is 4.99 Å². The molecular formula is C17H14N2. The molecule has 0 radical (unpaired) electrons. The Bertz CT molecular complexity index is 700. The van der Waals surface area contributed by atoms with Gasteiger partial charge in [0.2, 0.25) is 0 Å². The molecule has 2 aromatic rings. The van der Waals surface area contributed by atoms with Crippen LogP contribution in [0.1, 0.15) is 17.5 Å². The van der Waals surface area contributed by atoms with Crippen LogP contribution in [-0.4, -0.2) is 6.21 Å². The van der Waals surface area contributed by atoms with E-state index in [0.717, 1.165) is 12.1 Å². The van der Waals surface area contributed by atoms with Crippen molar-refractivity contribution >= 4 is 23.7 Å². The van der Waals surface area contributed by atoms with Gasteiger partial charge in [-0.1, -0.05) is 48.6 Å². The maximum absolute atomic E-state index is 4.50. The topological polar surface area (TPSA) is 24.4 Å². The lowest BCUT2D eigenvalue weighted by Gasteiger charge is -2.38. The van der Waals surface area contributed by atoms with Gasteiger partial charge in [-0.15, -0.1) is 0 Å². The van der Waals surface area contributed by atoms with Crippen molar-refractivity contribution in [2.24, 2.45) is 4.99 Å². The van der Waals surface area contributed by atoms with Gasteiger partial charge in [-0.25, -0.2) is 0 Å². The van der Waals surface area contributed by atoms with Crippen LogP contribution in [0.15, 0.2) is 59.6 Å². The fraction of sp³-hybridized carbons (Fsp3) is 0.118. The van der Waals surface area contributed by atoms with Crippen LogP contribution < -0.4 is 5.32 Å². The lowest BCUT2D eigenvalue weighted by Crippen LogP contribution is -2.37. The Kier molecular flexibility index (Phi) is 2.12. The van der Waals surface area contributed by atoms with E-state index in [2.05, 4.69) is 64.9 Å². The Morgan fingerprint density at radius 2 is 1.84 bits per heavy atom. The van der Waals surface area contributed by atoms with Crippen molar-refractivity contribution in [3.05, 3.63) is 65.7 Å². The van der Waals surface area contributed by atoms with Crippen LogP contribution in [-0.2, 0) is 5.54 Å². The van der Waals surface area contributed by atoms with Gasteiger partial charge in [-0.05, 0) is 17.7 Å². The Labute approximate surface area is 112 Å². The average molecular weight is 246 g/mol. The molecule has 0 aliphatic carbocycles. The van der Waals surface area contributed by atoms with Crippen LogP contribution in [0.5, 0.6) is 0 Å². The largest absolute Gasteiger partial charge is 0.371 e. The Hall–Kier alpha value is -2.35. The van der Waals surface area contributed by atoms with Crippen molar-refractivity contribution in [3.8, 4) is 0 Å². The molecule has 19 heavy (non-hydrogen) atoms. The van der Waals surface area contributed by atoms with Crippen molar-refractivity contribution in [3.63, 3.8) is 0 Å². The highest BCUT2D eigenvalue weighted by atomic mass is 15.0. The van der Waals surface area contributed by atoms with Gasteiger partial charge in [0, 0.05) is 23.9 Å². The summed E-state index contributed by atoms with van der Waals surface area (Å²) in [6.07, 6.45) is 7.36. The molecule has 0 saturated carbocycles. The van der Waals surface area contributed by atoms with Crippen LogP contribution in [0.3, 0.4) is 0 Å². The lowest BCUT2D eigenvalue weighted by atomic mass is 9.81. The molecule has 2 heteroatoms.